The van der Waals surface area contributed by atoms with Crippen LogP contribution >= 0.6 is 11.8 Å². The molecule has 7 nitrogen and oxygen atoms in total. The van der Waals surface area contributed by atoms with Crippen LogP contribution in [0.3, 0.4) is 0 Å². The van der Waals surface area contributed by atoms with E-state index in [0.717, 1.165) is 28.4 Å². The molecule has 0 saturated heterocycles. The number of halogens is 1. The molecular formula is C21H21FN6OS. The number of fused-ring (bicyclic) bond motifs is 1. The molecule has 0 spiro atoms. The molecule has 0 fully saturated rings. The van der Waals surface area contributed by atoms with Gasteiger partial charge in [-0.05, 0) is 55.2 Å². The van der Waals surface area contributed by atoms with Gasteiger partial charge in [-0.25, -0.2) is 19.3 Å². The SMILES string of the molecule is CNCCOc1ccc2nc(Nc3ccc(Sc4nccn4C)c(F)c3)ncc2c1. The summed E-state index contributed by atoms with van der Waals surface area (Å²) in [7, 11) is 3.75. The minimum atomic E-state index is -0.336. The van der Waals surface area contributed by atoms with E-state index >= 15 is 0 Å². The molecule has 2 heterocycles. The zero-order valence-corrected chi connectivity index (χ0v) is 17.4. The van der Waals surface area contributed by atoms with Crippen molar-refractivity contribution < 1.29 is 9.13 Å². The van der Waals surface area contributed by atoms with Gasteiger partial charge in [-0.1, -0.05) is 0 Å². The van der Waals surface area contributed by atoms with Crippen molar-refractivity contribution in [3.63, 3.8) is 0 Å². The number of aromatic nitrogens is 4. The Bertz CT molecular complexity index is 1170. The highest BCUT2D eigenvalue weighted by Gasteiger charge is 2.10. The van der Waals surface area contributed by atoms with E-state index in [1.54, 1.807) is 24.5 Å². The minimum Gasteiger partial charge on any atom is -0.492 e. The second-order valence-corrected chi connectivity index (χ2v) is 7.57. The Morgan fingerprint density at radius 1 is 1.17 bits per heavy atom. The van der Waals surface area contributed by atoms with E-state index in [-0.39, 0.29) is 5.82 Å². The van der Waals surface area contributed by atoms with Crippen molar-refractivity contribution in [3.05, 3.63) is 60.8 Å². The lowest BCUT2D eigenvalue weighted by Gasteiger charge is -2.09. The van der Waals surface area contributed by atoms with Crippen molar-refractivity contribution in [1.82, 2.24) is 24.8 Å². The maximum atomic E-state index is 14.5. The maximum absolute atomic E-state index is 14.5. The molecule has 0 bridgehead atoms. The molecule has 2 N–H and O–H groups in total. The molecule has 2 aromatic heterocycles. The van der Waals surface area contributed by atoms with Crippen LogP contribution < -0.4 is 15.4 Å². The van der Waals surface area contributed by atoms with E-state index in [9.17, 15) is 4.39 Å². The largest absolute Gasteiger partial charge is 0.492 e. The molecule has 0 aliphatic heterocycles. The lowest BCUT2D eigenvalue weighted by molar-refractivity contribution is 0.319. The van der Waals surface area contributed by atoms with Gasteiger partial charge in [0.2, 0.25) is 5.95 Å². The van der Waals surface area contributed by atoms with E-state index in [1.165, 1.54) is 17.8 Å². The second kappa shape index (κ2) is 9.10. The Hall–Kier alpha value is -3.17. The second-order valence-electron chi connectivity index (χ2n) is 6.56. The number of nitrogens with one attached hydrogen (secondary N) is 2. The summed E-state index contributed by atoms with van der Waals surface area (Å²) in [4.78, 5) is 13.5. The Morgan fingerprint density at radius 3 is 2.83 bits per heavy atom. The van der Waals surface area contributed by atoms with Gasteiger partial charge >= 0.3 is 0 Å². The lowest BCUT2D eigenvalue weighted by atomic mass is 10.2. The fourth-order valence-corrected chi connectivity index (χ4v) is 3.58. The van der Waals surface area contributed by atoms with Gasteiger partial charge in [0.25, 0.3) is 0 Å². The molecule has 0 radical (unpaired) electrons. The number of ether oxygens (including phenoxy) is 1. The number of anilines is 2. The number of rotatable bonds is 8. The van der Waals surface area contributed by atoms with E-state index < -0.39 is 0 Å². The van der Waals surface area contributed by atoms with Gasteiger partial charge in [-0.3, -0.25) is 0 Å². The number of hydrogen-bond acceptors (Lipinski definition) is 7. The number of likely N-dealkylation sites (N-methyl/N-ethyl adjacent to an activating group) is 1. The van der Waals surface area contributed by atoms with E-state index in [4.69, 9.17) is 4.74 Å². The number of hydrogen-bond donors (Lipinski definition) is 2. The van der Waals surface area contributed by atoms with Crippen LogP contribution in [0.2, 0.25) is 0 Å². The molecule has 0 aliphatic rings. The van der Waals surface area contributed by atoms with Crippen LogP contribution in [0.5, 0.6) is 5.75 Å². The van der Waals surface area contributed by atoms with Gasteiger partial charge in [0.05, 0.1) is 10.4 Å². The van der Waals surface area contributed by atoms with Gasteiger partial charge in [0.15, 0.2) is 5.16 Å². The van der Waals surface area contributed by atoms with Crippen molar-refractivity contribution in [1.29, 1.82) is 0 Å². The van der Waals surface area contributed by atoms with Gasteiger partial charge in [-0.2, -0.15) is 0 Å². The van der Waals surface area contributed by atoms with Crippen LogP contribution in [0.1, 0.15) is 0 Å². The highest BCUT2D eigenvalue weighted by Crippen LogP contribution is 2.30. The first-order valence-corrected chi connectivity index (χ1v) is 10.2. The average molecular weight is 425 g/mol. The van der Waals surface area contributed by atoms with Crippen molar-refractivity contribution in [3.8, 4) is 5.75 Å². The monoisotopic (exact) mass is 424 g/mol. The highest BCUT2D eigenvalue weighted by atomic mass is 32.2. The lowest BCUT2D eigenvalue weighted by Crippen LogP contribution is -2.15. The predicted octanol–water partition coefficient (Wildman–Crippen LogP) is 4.00. The first-order valence-electron chi connectivity index (χ1n) is 9.38. The molecule has 0 atom stereocenters. The molecular weight excluding hydrogens is 403 g/mol. The van der Waals surface area contributed by atoms with Crippen molar-refractivity contribution >= 4 is 34.3 Å². The number of aryl methyl sites for hydroxylation is 1. The fraction of sp³-hybridized carbons (Fsp3) is 0.190. The quantitative estimate of drug-likeness (QED) is 0.414. The van der Waals surface area contributed by atoms with Crippen LogP contribution in [0, 0.1) is 5.82 Å². The minimum absolute atomic E-state index is 0.336. The molecule has 154 valence electrons. The molecule has 0 aliphatic carbocycles. The molecule has 0 saturated carbocycles. The summed E-state index contributed by atoms with van der Waals surface area (Å²) in [6, 6.07) is 10.6. The first kappa shape index (κ1) is 20.1. The fourth-order valence-electron chi connectivity index (χ4n) is 2.77. The Labute approximate surface area is 177 Å². The molecule has 0 amide bonds. The zero-order valence-electron chi connectivity index (χ0n) is 16.6. The molecule has 2 aromatic carbocycles. The van der Waals surface area contributed by atoms with Crippen molar-refractivity contribution in [2.45, 2.75) is 10.1 Å². The number of benzene rings is 2. The average Bonchev–Trinajstić information content (AvgIpc) is 3.15. The van der Waals surface area contributed by atoms with E-state index in [1.807, 2.05) is 43.1 Å². The van der Waals surface area contributed by atoms with Crippen molar-refractivity contribution in [2.24, 2.45) is 7.05 Å². The van der Waals surface area contributed by atoms with E-state index in [2.05, 4.69) is 25.6 Å². The van der Waals surface area contributed by atoms with Gasteiger partial charge in [0, 0.05) is 43.3 Å². The molecule has 30 heavy (non-hydrogen) atoms. The smallest absolute Gasteiger partial charge is 0.227 e. The van der Waals surface area contributed by atoms with Crippen LogP contribution in [-0.2, 0) is 7.05 Å². The van der Waals surface area contributed by atoms with Gasteiger partial charge in [0.1, 0.15) is 18.2 Å². The summed E-state index contributed by atoms with van der Waals surface area (Å²) in [5.41, 5.74) is 1.35. The summed E-state index contributed by atoms with van der Waals surface area (Å²) in [5, 5.41) is 7.69. The van der Waals surface area contributed by atoms with Crippen molar-refractivity contribution in [2.75, 3.05) is 25.5 Å². The Kier molecular flexibility index (Phi) is 6.10. The summed E-state index contributed by atoms with van der Waals surface area (Å²) in [6.45, 7) is 1.36. The van der Waals surface area contributed by atoms with Gasteiger partial charge < -0.3 is 19.9 Å². The summed E-state index contributed by atoms with van der Waals surface area (Å²) in [6.07, 6.45) is 5.23. The number of imidazole rings is 1. The molecule has 4 aromatic rings. The molecule has 9 heteroatoms. The zero-order chi connectivity index (χ0) is 20.9. The van der Waals surface area contributed by atoms with Crippen LogP contribution in [0.4, 0.5) is 16.0 Å². The van der Waals surface area contributed by atoms with E-state index in [0.29, 0.717) is 23.1 Å². The summed E-state index contributed by atoms with van der Waals surface area (Å²) in [5.74, 6) is 0.831. The number of nitrogens with zero attached hydrogens (tertiary/aromatic N) is 4. The standard InChI is InChI=1S/C21H21FN6OS/c1-23-8-10-29-16-4-5-18-14(11-16)13-25-20(27-18)26-15-3-6-19(17(22)12-15)30-21-24-7-9-28(21)2/h3-7,9,11-13,23H,8,10H2,1-2H3,(H,25,26,27). The molecule has 0 unspecified atom stereocenters. The third kappa shape index (κ3) is 4.69. The maximum Gasteiger partial charge on any atom is 0.227 e. The molecule has 4 rings (SSSR count). The third-order valence-corrected chi connectivity index (χ3v) is 5.47. The first-order chi connectivity index (χ1) is 14.6. The van der Waals surface area contributed by atoms with Crippen LogP contribution in [0.15, 0.2) is 65.0 Å². The van der Waals surface area contributed by atoms with Gasteiger partial charge in [-0.15, -0.1) is 0 Å². The van der Waals surface area contributed by atoms with Crippen LogP contribution in [-0.4, -0.2) is 39.7 Å². The summed E-state index contributed by atoms with van der Waals surface area (Å²) < 4.78 is 22.1. The third-order valence-electron chi connectivity index (χ3n) is 4.34. The topological polar surface area (TPSA) is 76.9 Å². The Balaban J connectivity index is 1.47. The Morgan fingerprint density at radius 2 is 2.07 bits per heavy atom. The predicted molar refractivity (Wildman–Crippen MR) is 116 cm³/mol. The highest BCUT2D eigenvalue weighted by molar-refractivity contribution is 7.99. The summed E-state index contributed by atoms with van der Waals surface area (Å²) >= 11 is 1.27. The normalized spacial score (nSPS) is 11.0. The van der Waals surface area contributed by atoms with Crippen LogP contribution in [0.25, 0.3) is 10.9 Å².